The standard InChI is InChI=1S/C20H22F3N7O3/c1-32-18-14(10-24)17(27-19(26)28-18)30(13-4-2-3-12(9-13)20(21,22)23)15(16(25)31)11-29-5-7-33-8-6-29/h2-4,9,15H,5-8,11H2,1H3,(H2,25,31)(H2,26,27,28)/t15-/m0/s1. The molecule has 1 aromatic heterocycles. The van der Waals surface area contributed by atoms with Crippen LogP contribution in [0.25, 0.3) is 0 Å². The quantitative estimate of drug-likeness (QED) is 0.618. The molecule has 2 aromatic rings. The molecule has 1 saturated heterocycles. The summed E-state index contributed by atoms with van der Waals surface area (Å²) in [6.45, 7) is 1.87. The molecule has 0 unspecified atom stereocenters. The number of nitrogen functional groups attached to an aromatic ring is 1. The number of rotatable bonds is 7. The van der Waals surface area contributed by atoms with Gasteiger partial charge in [-0.1, -0.05) is 6.07 Å². The number of nitriles is 1. The lowest BCUT2D eigenvalue weighted by Crippen LogP contribution is -2.52. The van der Waals surface area contributed by atoms with E-state index in [4.69, 9.17) is 20.9 Å². The van der Waals surface area contributed by atoms with Crippen molar-refractivity contribution in [2.24, 2.45) is 5.73 Å². The summed E-state index contributed by atoms with van der Waals surface area (Å²) in [5.74, 6) is -1.52. The monoisotopic (exact) mass is 465 g/mol. The summed E-state index contributed by atoms with van der Waals surface area (Å²) in [6, 6.07) is 4.97. The van der Waals surface area contributed by atoms with E-state index >= 15 is 0 Å². The summed E-state index contributed by atoms with van der Waals surface area (Å²) in [7, 11) is 1.25. The Bertz CT molecular complexity index is 1050. The predicted octanol–water partition coefficient (Wildman–Crippen LogP) is 1.28. The summed E-state index contributed by atoms with van der Waals surface area (Å²) >= 11 is 0. The Morgan fingerprint density at radius 2 is 2.06 bits per heavy atom. The van der Waals surface area contributed by atoms with Crippen molar-refractivity contribution in [3.8, 4) is 11.9 Å². The lowest BCUT2D eigenvalue weighted by atomic mass is 10.1. The van der Waals surface area contributed by atoms with Crippen molar-refractivity contribution >= 4 is 23.4 Å². The van der Waals surface area contributed by atoms with E-state index in [1.54, 1.807) is 0 Å². The van der Waals surface area contributed by atoms with Crippen molar-refractivity contribution in [1.82, 2.24) is 14.9 Å². The van der Waals surface area contributed by atoms with Crippen LogP contribution in [0.3, 0.4) is 0 Å². The maximum atomic E-state index is 13.4. The number of hydrogen-bond acceptors (Lipinski definition) is 9. The molecule has 33 heavy (non-hydrogen) atoms. The maximum Gasteiger partial charge on any atom is 0.416 e. The van der Waals surface area contributed by atoms with E-state index in [0.29, 0.717) is 26.3 Å². The van der Waals surface area contributed by atoms with Crippen LogP contribution in [0.2, 0.25) is 0 Å². The van der Waals surface area contributed by atoms with Gasteiger partial charge in [0.2, 0.25) is 17.7 Å². The molecule has 2 heterocycles. The molecule has 0 radical (unpaired) electrons. The minimum atomic E-state index is -4.64. The highest BCUT2D eigenvalue weighted by atomic mass is 19.4. The van der Waals surface area contributed by atoms with Gasteiger partial charge in [0.05, 0.1) is 25.9 Å². The number of primary amides is 1. The number of alkyl halides is 3. The molecule has 13 heteroatoms. The molecule has 1 aromatic carbocycles. The van der Waals surface area contributed by atoms with Gasteiger partial charge in [0, 0.05) is 25.3 Å². The highest BCUT2D eigenvalue weighted by molar-refractivity contribution is 5.88. The first-order chi connectivity index (χ1) is 15.7. The summed E-state index contributed by atoms with van der Waals surface area (Å²) in [5, 5.41) is 9.74. The van der Waals surface area contributed by atoms with Gasteiger partial charge in [-0.15, -0.1) is 0 Å². The van der Waals surface area contributed by atoms with Crippen molar-refractivity contribution in [3.05, 3.63) is 35.4 Å². The topological polar surface area (TPSA) is 144 Å². The van der Waals surface area contributed by atoms with Crippen LogP contribution < -0.4 is 21.1 Å². The molecule has 1 aliphatic rings. The van der Waals surface area contributed by atoms with Crippen LogP contribution >= 0.6 is 0 Å². The SMILES string of the molecule is COc1nc(N)nc(N(c2cccc(C(F)(F)F)c2)[C@@H](CN2CCOCC2)C(N)=O)c1C#N. The van der Waals surface area contributed by atoms with Gasteiger partial charge in [-0.3, -0.25) is 9.69 Å². The van der Waals surface area contributed by atoms with Crippen molar-refractivity contribution in [2.75, 3.05) is 50.6 Å². The van der Waals surface area contributed by atoms with Gasteiger partial charge in [0.25, 0.3) is 0 Å². The Balaban J connectivity index is 2.22. The number of halogens is 3. The number of carbonyl (C=O) groups is 1. The van der Waals surface area contributed by atoms with Gasteiger partial charge in [-0.2, -0.15) is 28.4 Å². The normalized spacial score (nSPS) is 15.5. The molecule has 10 nitrogen and oxygen atoms in total. The third-order valence-corrected chi connectivity index (χ3v) is 5.03. The van der Waals surface area contributed by atoms with Crippen LogP contribution in [-0.2, 0) is 15.7 Å². The number of nitrogens with two attached hydrogens (primary N) is 2. The van der Waals surface area contributed by atoms with Gasteiger partial charge >= 0.3 is 6.18 Å². The Morgan fingerprint density at radius 3 is 2.64 bits per heavy atom. The van der Waals surface area contributed by atoms with Crippen LogP contribution in [0.5, 0.6) is 5.88 Å². The Labute approximate surface area is 187 Å². The Kier molecular flexibility index (Phi) is 7.19. The third-order valence-electron chi connectivity index (χ3n) is 5.03. The lowest BCUT2D eigenvalue weighted by molar-refractivity contribution is -0.137. The molecule has 1 atom stereocenters. The number of benzene rings is 1. The van der Waals surface area contributed by atoms with Crippen LogP contribution in [-0.4, -0.2) is 66.8 Å². The van der Waals surface area contributed by atoms with Crippen molar-refractivity contribution < 1.29 is 27.4 Å². The third kappa shape index (κ3) is 5.41. The van der Waals surface area contributed by atoms with Gasteiger partial charge in [-0.05, 0) is 18.2 Å². The van der Waals surface area contributed by atoms with Gasteiger partial charge in [0.1, 0.15) is 12.1 Å². The number of hydrogen-bond donors (Lipinski definition) is 2. The average Bonchev–Trinajstić information content (AvgIpc) is 2.78. The van der Waals surface area contributed by atoms with E-state index in [-0.39, 0.29) is 35.4 Å². The number of ether oxygens (including phenoxy) is 2. The average molecular weight is 465 g/mol. The van der Waals surface area contributed by atoms with Crippen molar-refractivity contribution in [3.63, 3.8) is 0 Å². The van der Waals surface area contributed by atoms with Crippen LogP contribution in [0.15, 0.2) is 24.3 Å². The molecule has 176 valence electrons. The minimum absolute atomic E-state index is 0.0476. The Hall–Kier alpha value is -3.63. The molecular weight excluding hydrogens is 443 g/mol. The van der Waals surface area contributed by atoms with E-state index in [1.807, 2.05) is 11.0 Å². The maximum absolute atomic E-state index is 13.4. The molecule has 0 aliphatic carbocycles. The van der Waals surface area contributed by atoms with Gasteiger partial charge in [-0.25, -0.2) is 0 Å². The number of aromatic nitrogens is 2. The van der Waals surface area contributed by atoms with Gasteiger partial charge in [0.15, 0.2) is 11.4 Å². The number of nitrogens with zero attached hydrogens (tertiary/aromatic N) is 5. The molecule has 0 saturated carbocycles. The van der Waals surface area contributed by atoms with Crippen molar-refractivity contribution in [1.29, 1.82) is 5.26 Å². The zero-order chi connectivity index (χ0) is 24.2. The second-order valence-corrected chi connectivity index (χ2v) is 7.15. The first-order valence-electron chi connectivity index (χ1n) is 9.83. The Morgan fingerprint density at radius 1 is 1.36 bits per heavy atom. The summed E-state index contributed by atoms with van der Waals surface area (Å²) < 4.78 is 50.8. The second-order valence-electron chi connectivity index (χ2n) is 7.15. The minimum Gasteiger partial charge on any atom is -0.480 e. The van der Waals surface area contributed by atoms with Crippen LogP contribution in [0.1, 0.15) is 11.1 Å². The number of amides is 1. The highest BCUT2D eigenvalue weighted by Crippen LogP contribution is 2.37. The van der Waals surface area contributed by atoms with E-state index in [1.165, 1.54) is 24.1 Å². The molecule has 1 aliphatic heterocycles. The molecule has 1 fully saturated rings. The lowest BCUT2D eigenvalue weighted by Gasteiger charge is -2.36. The molecule has 4 N–H and O–H groups in total. The van der Waals surface area contributed by atoms with E-state index in [0.717, 1.165) is 12.1 Å². The smallest absolute Gasteiger partial charge is 0.416 e. The summed E-state index contributed by atoms with van der Waals surface area (Å²) in [6.07, 6.45) is -4.64. The number of methoxy groups -OCH3 is 1. The van der Waals surface area contributed by atoms with E-state index < -0.39 is 23.7 Å². The number of carbonyl (C=O) groups excluding carboxylic acids is 1. The zero-order valence-electron chi connectivity index (χ0n) is 17.7. The van der Waals surface area contributed by atoms with Crippen LogP contribution in [0.4, 0.5) is 30.6 Å². The van der Waals surface area contributed by atoms with E-state index in [2.05, 4.69) is 9.97 Å². The predicted molar refractivity (Wildman–Crippen MR) is 112 cm³/mol. The second kappa shape index (κ2) is 9.88. The highest BCUT2D eigenvalue weighted by Gasteiger charge is 2.35. The number of morpholine rings is 1. The summed E-state index contributed by atoms with van der Waals surface area (Å²) in [5.41, 5.74) is 10.3. The first-order valence-corrected chi connectivity index (χ1v) is 9.83. The zero-order valence-corrected chi connectivity index (χ0v) is 17.7. The molecule has 0 spiro atoms. The number of anilines is 3. The molecule has 3 rings (SSSR count). The van der Waals surface area contributed by atoms with Gasteiger partial charge < -0.3 is 25.8 Å². The fourth-order valence-electron chi connectivity index (χ4n) is 3.47. The molecule has 1 amide bonds. The fraction of sp³-hybridized carbons (Fsp3) is 0.400. The van der Waals surface area contributed by atoms with Crippen LogP contribution in [0, 0.1) is 11.3 Å². The van der Waals surface area contributed by atoms with E-state index in [9.17, 15) is 23.2 Å². The molecule has 0 bridgehead atoms. The largest absolute Gasteiger partial charge is 0.480 e. The fourth-order valence-corrected chi connectivity index (χ4v) is 3.47. The summed E-state index contributed by atoms with van der Waals surface area (Å²) in [4.78, 5) is 23.6. The first kappa shape index (κ1) is 24.0. The van der Waals surface area contributed by atoms with Crippen molar-refractivity contribution in [2.45, 2.75) is 12.2 Å². The molecular formula is C20H22F3N7O3.